The summed E-state index contributed by atoms with van der Waals surface area (Å²) in [6.07, 6.45) is -1.87. The predicted octanol–water partition coefficient (Wildman–Crippen LogP) is 6.09. The van der Waals surface area contributed by atoms with Crippen LogP contribution in [-0.2, 0) is 0 Å². The van der Waals surface area contributed by atoms with Crippen molar-refractivity contribution in [3.63, 3.8) is 0 Å². The molecule has 8 nitrogen and oxygen atoms in total. The Labute approximate surface area is 257 Å². The van der Waals surface area contributed by atoms with E-state index in [0.717, 1.165) is 34.1 Å². The average Bonchev–Trinajstić information content (AvgIpc) is 3.08. The number of aliphatic hydroxyl groups is 4. The fourth-order valence-corrected chi connectivity index (χ4v) is 4.69. The fourth-order valence-electron chi connectivity index (χ4n) is 4.69. The van der Waals surface area contributed by atoms with Gasteiger partial charge >= 0.3 is 0 Å². The summed E-state index contributed by atoms with van der Waals surface area (Å²) in [7, 11) is 0. The molecule has 0 aliphatic heterocycles. The Balaban J connectivity index is 1.50. The van der Waals surface area contributed by atoms with Gasteiger partial charge in [-0.25, -0.2) is 0 Å². The quantitative estimate of drug-likeness (QED) is 0.123. The molecule has 0 radical (unpaired) electrons. The Hall–Kier alpha value is -4.86. The highest BCUT2D eigenvalue weighted by molar-refractivity contribution is 5.83. The van der Waals surface area contributed by atoms with Crippen molar-refractivity contribution in [3.05, 3.63) is 133 Å². The number of anilines is 6. The third-order valence-electron chi connectivity index (χ3n) is 6.87. The van der Waals surface area contributed by atoms with E-state index in [1.54, 1.807) is 0 Å². The number of hydrogen-bond acceptors (Lipinski definition) is 8. The van der Waals surface area contributed by atoms with Gasteiger partial charge < -0.3 is 39.7 Å². The molecule has 0 aliphatic carbocycles. The van der Waals surface area contributed by atoms with Crippen LogP contribution in [0.15, 0.2) is 133 Å². The highest BCUT2D eigenvalue weighted by Crippen LogP contribution is 2.40. The smallest absolute Gasteiger partial charge is 0.119 e. The number of hydrogen-bond donors (Lipinski definition) is 4. The van der Waals surface area contributed by atoms with Gasteiger partial charge in [0.1, 0.15) is 36.9 Å². The average molecular weight is 593 g/mol. The van der Waals surface area contributed by atoms with Gasteiger partial charge in [-0.1, -0.05) is 42.5 Å². The van der Waals surface area contributed by atoms with Crippen LogP contribution in [0, 0.1) is 0 Å². The minimum Gasteiger partial charge on any atom is -0.491 e. The van der Waals surface area contributed by atoms with Crippen LogP contribution in [0.5, 0.6) is 11.5 Å². The van der Waals surface area contributed by atoms with Gasteiger partial charge in [0.05, 0.1) is 13.2 Å². The summed E-state index contributed by atoms with van der Waals surface area (Å²) in [6, 6.07) is 43.7. The molecule has 8 heteroatoms. The number of benzene rings is 5. The number of ether oxygens (including phenoxy) is 2. The third kappa shape index (κ3) is 7.75. The Morgan fingerprint density at radius 1 is 0.432 bits per heavy atom. The first kappa shape index (κ1) is 30.6. The molecule has 4 N–H and O–H groups in total. The van der Waals surface area contributed by atoms with E-state index in [0.29, 0.717) is 11.5 Å². The largest absolute Gasteiger partial charge is 0.491 e. The molecule has 2 atom stereocenters. The minimum atomic E-state index is -0.936. The third-order valence-corrected chi connectivity index (χ3v) is 6.87. The molecule has 0 aliphatic rings. The molecular formula is C36H36N2O6. The van der Waals surface area contributed by atoms with Gasteiger partial charge in [-0.2, -0.15) is 0 Å². The topological polar surface area (TPSA) is 106 Å². The van der Waals surface area contributed by atoms with E-state index >= 15 is 0 Å². The molecule has 0 aromatic heterocycles. The maximum Gasteiger partial charge on any atom is 0.119 e. The molecule has 5 rings (SSSR count). The van der Waals surface area contributed by atoms with Crippen LogP contribution in [-0.4, -0.2) is 59.1 Å². The summed E-state index contributed by atoms with van der Waals surface area (Å²) >= 11 is 0. The Morgan fingerprint density at radius 2 is 0.773 bits per heavy atom. The first-order chi connectivity index (χ1) is 21.6. The van der Waals surface area contributed by atoms with Crippen molar-refractivity contribution >= 4 is 34.1 Å². The maximum atomic E-state index is 9.65. The predicted molar refractivity (Wildman–Crippen MR) is 173 cm³/mol. The van der Waals surface area contributed by atoms with Gasteiger partial charge in [0, 0.05) is 34.1 Å². The zero-order valence-corrected chi connectivity index (χ0v) is 24.2. The Morgan fingerprint density at radius 3 is 1.14 bits per heavy atom. The van der Waals surface area contributed by atoms with Crippen LogP contribution in [0.4, 0.5) is 34.1 Å². The van der Waals surface area contributed by atoms with Gasteiger partial charge in [-0.15, -0.1) is 0 Å². The van der Waals surface area contributed by atoms with Crippen LogP contribution in [0.25, 0.3) is 0 Å². The van der Waals surface area contributed by atoms with Gasteiger partial charge in [-0.05, 0) is 91.0 Å². The van der Waals surface area contributed by atoms with Gasteiger partial charge in [0.25, 0.3) is 0 Å². The minimum absolute atomic E-state index is 0.00727. The monoisotopic (exact) mass is 592 g/mol. The van der Waals surface area contributed by atoms with E-state index in [1.807, 2.05) is 91.0 Å². The summed E-state index contributed by atoms with van der Waals surface area (Å²) in [5, 5.41) is 37.5. The zero-order valence-electron chi connectivity index (χ0n) is 24.2. The van der Waals surface area contributed by atoms with Crippen LogP contribution in [0.3, 0.4) is 0 Å². The van der Waals surface area contributed by atoms with Gasteiger partial charge in [0.2, 0.25) is 0 Å². The van der Waals surface area contributed by atoms with Crippen LogP contribution in [0.2, 0.25) is 0 Å². The lowest BCUT2D eigenvalue weighted by molar-refractivity contribution is 0.0536. The second-order valence-electron chi connectivity index (χ2n) is 10.1. The molecular weight excluding hydrogens is 556 g/mol. The molecule has 0 heterocycles. The Bertz CT molecular complexity index is 1450. The number of aliphatic hydroxyl groups excluding tert-OH is 4. The van der Waals surface area contributed by atoms with E-state index in [2.05, 4.69) is 52.3 Å². The molecule has 0 amide bonds. The SMILES string of the molecule is OCC(O)COc1ccc(N(c2ccccc2)c2cccc(N(c3ccccc3)c3ccc(OCC(O)CO)cc3)c2)cc1. The van der Waals surface area contributed by atoms with Gasteiger partial charge in [-0.3, -0.25) is 0 Å². The Kier molecular flexibility index (Phi) is 10.5. The molecule has 2 unspecified atom stereocenters. The van der Waals surface area contributed by atoms with E-state index in [4.69, 9.17) is 19.7 Å². The standard InChI is InChI=1S/C36H36N2O6/c39-23-33(41)25-43-35-18-14-29(15-19-35)37(27-8-3-1-4-9-27)31-12-7-13-32(22-31)38(28-10-5-2-6-11-28)30-16-20-36(21-17-30)44-26-34(42)24-40/h1-22,33-34,39-42H,23-26H2. The molecule has 226 valence electrons. The van der Waals surface area contributed by atoms with Crippen molar-refractivity contribution in [2.24, 2.45) is 0 Å². The molecule has 0 fully saturated rings. The first-order valence-corrected chi connectivity index (χ1v) is 14.4. The molecule has 44 heavy (non-hydrogen) atoms. The zero-order chi connectivity index (χ0) is 30.7. The molecule has 0 spiro atoms. The lowest BCUT2D eigenvalue weighted by Gasteiger charge is -2.29. The van der Waals surface area contributed by atoms with Crippen molar-refractivity contribution in [2.45, 2.75) is 12.2 Å². The summed E-state index contributed by atoms with van der Waals surface area (Å²) in [4.78, 5) is 4.31. The van der Waals surface area contributed by atoms with Crippen LogP contribution < -0.4 is 19.3 Å². The molecule has 0 saturated carbocycles. The van der Waals surface area contributed by atoms with E-state index in [-0.39, 0.29) is 26.4 Å². The summed E-state index contributed by atoms with van der Waals surface area (Å²) in [5.41, 5.74) is 5.68. The number of nitrogens with zero attached hydrogens (tertiary/aromatic N) is 2. The summed E-state index contributed by atoms with van der Waals surface area (Å²) < 4.78 is 11.3. The van der Waals surface area contributed by atoms with E-state index in [1.165, 1.54) is 0 Å². The normalized spacial score (nSPS) is 12.3. The van der Waals surface area contributed by atoms with Crippen LogP contribution >= 0.6 is 0 Å². The number of rotatable bonds is 14. The van der Waals surface area contributed by atoms with Crippen molar-refractivity contribution in [3.8, 4) is 11.5 Å². The van der Waals surface area contributed by atoms with Crippen LogP contribution in [0.1, 0.15) is 0 Å². The lowest BCUT2D eigenvalue weighted by Crippen LogP contribution is -2.21. The lowest BCUT2D eigenvalue weighted by atomic mass is 10.1. The summed E-state index contributed by atoms with van der Waals surface area (Å²) in [5.74, 6) is 1.19. The molecule has 5 aromatic carbocycles. The molecule has 0 bridgehead atoms. The van der Waals surface area contributed by atoms with E-state index < -0.39 is 12.2 Å². The molecule has 5 aromatic rings. The highest BCUT2D eigenvalue weighted by Gasteiger charge is 2.17. The maximum absolute atomic E-state index is 9.65. The number of para-hydroxylation sites is 2. The van der Waals surface area contributed by atoms with Crippen molar-refractivity contribution in [2.75, 3.05) is 36.2 Å². The van der Waals surface area contributed by atoms with Crippen molar-refractivity contribution < 1.29 is 29.9 Å². The summed E-state index contributed by atoms with van der Waals surface area (Å²) in [6.45, 7) is -0.702. The molecule has 0 saturated heterocycles. The fraction of sp³-hybridized carbons (Fsp3) is 0.167. The second-order valence-corrected chi connectivity index (χ2v) is 10.1. The van der Waals surface area contributed by atoms with Crippen molar-refractivity contribution in [1.29, 1.82) is 0 Å². The highest BCUT2D eigenvalue weighted by atomic mass is 16.5. The van der Waals surface area contributed by atoms with Gasteiger partial charge in [0.15, 0.2) is 0 Å². The second kappa shape index (κ2) is 15.0. The van der Waals surface area contributed by atoms with E-state index in [9.17, 15) is 10.2 Å². The first-order valence-electron chi connectivity index (χ1n) is 14.4. The van der Waals surface area contributed by atoms with Crippen molar-refractivity contribution in [1.82, 2.24) is 0 Å².